The number of fused-ring (bicyclic) bond motifs is 1. The zero-order chi connectivity index (χ0) is 27.4. The van der Waals surface area contributed by atoms with E-state index in [1.807, 2.05) is 19.9 Å². The van der Waals surface area contributed by atoms with Gasteiger partial charge in [0.25, 0.3) is 5.56 Å². The summed E-state index contributed by atoms with van der Waals surface area (Å²) in [6.07, 6.45) is 2.09. The Bertz CT molecular complexity index is 1600. The molecular weight excluding hydrogens is 686 g/mol. The second kappa shape index (κ2) is 12.2. The summed E-state index contributed by atoms with van der Waals surface area (Å²) in [6, 6.07) is 13.6. The third-order valence-corrected chi connectivity index (χ3v) is 8.18. The molecule has 1 heterocycles. The van der Waals surface area contributed by atoms with E-state index in [2.05, 4.69) is 57.9 Å². The number of hydrogen-bond donors (Lipinski definition) is 1. The van der Waals surface area contributed by atoms with Gasteiger partial charge in [-0.05, 0) is 80.7 Å². The first-order valence-corrected chi connectivity index (χ1v) is 14.0. The van der Waals surface area contributed by atoms with E-state index < -0.39 is 5.97 Å². The van der Waals surface area contributed by atoms with E-state index in [9.17, 15) is 9.59 Å². The maximum Gasteiger partial charge on any atom is 0.335 e. The number of benzene rings is 3. The lowest BCUT2D eigenvalue weighted by molar-refractivity contribution is 0.0697. The first-order chi connectivity index (χ1) is 18.2. The van der Waals surface area contributed by atoms with Crippen LogP contribution in [0.5, 0.6) is 11.5 Å². The molecule has 0 saturated heterocycles. The molecule has 0 atom stereocenters. The van der Waals surface area contributed by atoms with Crippen molar-refractivity contribution in [2.75, 3.05) is 6.61 Å². The van der Waals surface area contributed by atoms with Crippen molar-refractivity contribution < 1.29 is 19.4 Å². The van der Waals surface area contributed by atoms with E-state index >= 15 is 0 Å². The topological polar surface area (TPSA) is 103 Å². The molecule has 0 saturated carbocycles. The lowest BCUT2D eigenvalue weighted by atomic mass is 10.1. The van der Waals surface area contributed by atoms with Crippen LogP contribution < -0.4 is 15.0 Å². The molecule has 0 radical (unpaired) electrons. The number of ether oxygens (including phenoxy) is 2. The van der Waals surface area contributed by atoms with Crippen molar-refractivity contribution in [3.8, 4) is 11.5 Å². The number of nitrogens with zero attached hydrogens (tertiary/aromatic N) is 3. The summed E-state index contributed by atoms with van der Waals surface area (Å²) >= 11 is 10.6. The molecule has 0 aliphatic carbocycles. The van der Waals surface area contributed by atoms with E-state index in [1.165, 1.54) is 16.8 Å². The minimum absolute atomic E-state index is 0.200. The molecule has 0 unspecified atom stereocenters. The summed E-state index contributed by atoms with van der Waals surface area (Å²) in [7, 11) is 0. The van der Waals surface area contributed by atoms with Crippen LogP contribution in [0.15, 0.2) is 71.8 Å². The van der Waals surface area contributed by atoms with Crippen molar-refractivity contribution in [1.29, 1.82) is 0 Å². The second-order valence-electron chi connectivity index (χ2n) is 8.05. The van der Waals surface area contributed by atoms with Crippen LogP contribution in [0.2, 0.25) is 0 Å². The molecule has 0 amide bonds. The molecule has 38 heavy (non-hydrogen) atoms. The van der Waals surface area contributed by atoms with Crippen LogP contribution in [0.4, 0.5) is 0 Å². The molecule has 11 heteroatoms. The predicted molar refractivity (Wildman–Crippen MR) is 157 cm³/mol. The largest absolute Gasteiger partial charge is 0.490 e. The number of halogens is 3. The van der Waals surface area contributed by atoms with Crippen LogP contribution in [0, 0.1) is 0 Å². The van der Waals surface area contributed by atoms with E-state index in [-0.39, 0.29) is 17.7 Å². The summed E-state index contributed by atoms with van der Waals surface area (Å²) in [5, 5.41) is 14.0. The Balaban J connectivity index is 1.69. The van der Waals surface area contributed by atoms with Gasteiger partial charge in [-0.2, -0.15) is 9.78 Å². The highest BCUT2D eigenvalue weighted by Crippen LogP contribution is 2.43. The van der Waals surface area contributed by atoms with Crippen molar-refractivity contribution in [2.45, 2.75) is 26.9 Å². The van der Waals surface area contributed by atoms with Crippen molar-refractivity contribution >= 4 is 70.9 Å². The predicted octanol–water partition coefficient (Wildman–Crippen LogP) is 6.80. The van der Waals surface area contributed by atoms with E-state index in [1.54, 1.807) is 36.5 Å². The molecule has 0 spiro atoms. The highest BCUT2D eigenvalue weighted by atomic mass is 79.9. The van der Waals surface area contributed by atoms with E-state index in [0.717, 1.165) is 10.0 Å². The van der Waals surface area contributed by atoms with Gasteiger partial charge in [0.2, 0.25) is 0 Å². The normalized spacial score (nSPS) is 11.3. The van der Waals surface area contributed by atoms with Crippen LogP contribution in [-0.4, -0.2) is 33.6 Å². The zero-order valence-electron chi connectivity index (χ0n) is 20.4. The molecule has 1 N–H and O–H groups in total. The first-order valence-electron chi connectivity index (χ1n) is 11.6. The third-order valence-electron chi connectivity index (χ3n) is 5.54. The number of rotatable bonds is 9. The Labute approximate surface area is 243 Å². The molecule has 1 aromatic heterocycles. The van der Waals surface area contributed by atoms with Gasteiger partial charge in [0.1, 0.15) is 12.4 Å². The van der Waals surface area contributed by atoms with Crippen LogP contribution >= 0.6 is 47.8 Å². The SMILES string of the molecule is CCOc1cc(C=Nn2c(CC)nc3ccc(Br)cc3c2=O)c(Br)c(Br)c1OCc1ccc(C(=O)O)cc1. The number of carboxylic acid groups (broad SMARTS) is 1. The highest BCUT2D eigenvalue weighted by molar-refractivity contribution is 9.13. The van der Waals surface area contributed by atoms with Crippen LogP contribution in [0.3, 0.4) is 0 Å². The monoisotopic (exact) mass is 705 g/mol. The smallest absolute Gasteiger partial charge is 0.335 e. The number of carboxylic acids is 1. The molecule has 4 aromatic rings. The summed E-state index contributed by atoms with van der Waals surface area (Å²) < 4.78 is 15.3. The average molecular weight is 708 g/mol. The molecule has 196 valence electrons. The number of hydrogen-bond acceptors (Lipinski definition) is 6. The Morgan fingerprint density at radius 3 is 2.45 bits per heavy atom. The van der Waals surface area contributed by atoms with E-state index in [4.69, 9.17) is 14.6 Å². The third kappa shape index (κ3) is 6.00. The second-order valence-corrected chi connectivity index (χ2v) is 10.6. The molecule has 4 rings (SSSR count). The lowest BCUT2D eigenvalue weighted by Crippen LogP contribution is -2.22. The van der Waals surface area contributed by atoms with Crippen molar-refractivity contribution in [3.05, 3.63) is 94.8 Å². The number of carbonyl (C=O) groups is 1. The maximum absolute atomic E-state index is 13.2. The van der Waals surface area contributed by atoms with E-state index in [0.29, 0.717) is 55.8 Å². The van der Waals surface area contributed by atoms with Crippen molar-refractivity contribution in [2.24, 2.45) is 5.10 Å². The van der Waals surface area contributed by atoms with Gasteiger partial charge in [0, 0.05) is 20.9 Å². The Hall–Kier alpha value is -3.02. The van der Waals surface area contributed by atoms with Gasteiger partial charge in [-0.1, -0.05) is 35.0 Å². The molecule has 0 fully saturated rings. The van der Waals surface area contributed by atoms with Gasteiger partial charge in [0.15, 0.2) is 11.5 Å². The van der Waals surface area contributed by atoms with Crippen LogP contribution in [0.1, 0.15) is 41.2 Å². The fourth-order valence-electron chi connectivity index (χ4n) is 3.66. The molecular formula is C27H22Br3N3O5. The van der Waals surface area contributed by atoms with Crippen molar-refractivity contribution in [1.82, 2.24) is 9.66 Å². The van der Waals surface area contributed by atoms with Gasteiger partial charge in [-0.3, -0.25) is 4.79 Å². The van der Waals surface area contributed by atoms with Gasteiger partial charge in [0.05, 0.1) is 33.8 Å². The highest BCUT2D eigenvalue weighted by Gasteiger charge is 2.18. The minimum atomic E-state index is -0.985. The molecule has 0 aliphatic rings. The Morgan fingerprint density at radius 2 is 1.79 bits per heavy atom. The van der Waals surface area contributed by atoms with Crippen molar-refractivity contribution in [3.63, 3.8) is 0 Å². The van der Waals surface area contributed by atoms with Gasteiger partial charge in [-0.15, -0.1) is 0 Å². The number of aromatic nitrogens is 2. The summed E-state index contributed by atoms with van der Waals surface area (Å²) in [6.45, 7) is 4.38. The fourth-order valence-corrected chi connectivity index (χ4v) is 4.95. The standard InChI is InChI=1S/C27H22Br3N3O5/c1-3-22-32-20-10-9-18(28)12-19(20)26(34)33(22)31-13-17-11-21(37-4-2)25(24(30)23(17)29)38-14-15-5-7-16(8-6-15)27(35)36/h5-13H,3-4,14H2,1-2H3,(H,35,36). The van der Waals surface area contributed by atoms with Crippen LogP contribution in [0.25, 0.3) is 10.9 Å². The average Bonchev–Trinajstić information content (AvgIpc) is 2.91. The first kappa shape index (κ1) is 28.0. The summed E-state index contributed by atoms with van der Waals surface area (Å²) in [5.74, 6) is 0.507. The quantitative estimate of drug-likeness (QED) is 0.192. The summed E-state index contributed by atoms with van der Waals surface area (Å²) in [4.78, 5) is 28.9. The number of aromatic carboxylic acids is 1. The molecule has 3 aromatic carbocycles. The fraction of sp³-hybridized carbons (Fsp3) is 0.185. The van der Waals surface area contributed by atoms with Gasteiger partial charge in [-0.25, -0.2) is 9.78 Å². The maximum atomic E-state index is 13.2. The Morgan fingerprint density at radius 1 is 1.05 bits per heavy atom. The summed E-state index contributed by atoms with van der Waals surface area (Å²) in [5.41, 5.74) is 2.01. The Kier molecular flexibility index (Phi) is 9.01. The molecule has 0 bridgehead atoms. The molecule has 8 nitrogen and oxygen atoms in total. The van der Waals surface area contributed by atoms with Crippen LogP contribution in [-0.2, 0) is 13.0 Å². The lowest BCUT2D eigenvalue weighted by Gasteiger charge is -2.16. The minimum Gasteiger partial charge on any atom is -0.490 e. The number of aryl methyl sites for hydroxylation is 1. The van der Waals surface area contributed by atoms with Gasteiger partial charge < -0.3 is 14.6 Å². The zero-order valence-corrected chi connectivity index (χ0v) is 25.1. The molecule has 0 aliphatic heterocycles. The van der Waals surface area contributed by atoms with Gasteiger partial charge >= 0.3 is 5.97 Å².